The van der Waals surface area contributed by atoms with Crippen molar-refractivity contribution in [2.75, 3.05) is 20.3 Å². The summed E-state index contributed by atoms with van der Waals surface area (Å²) in [6.45, 7) is -1.20. The van der Waals surface area contributed by atoms with Crippen molar-refractivity contribution >= 4 is 23.0 Å². The second-order valence-electron chi connectivity index (χ2n) is 13.0. The summed E-state index contributed by atoms with van der Waals surface area (Å²) in [5.41, 5.74) is 0.765. The topological polar surface area (TPSA) is 253 Å². The molecular formula is C40H36O17. The van der Waals surface area contributed by atoms with Gasteiger partial charge in [-0.05, 0) is 54.1 Å². The fourth-order valence-corrected chi connectivity index (χ4v) is 6.31. The predicted molar refractivity (Wildman–Crippen MR) is 196 cm³/mol. The monoisotopic (exact) mass is 788 g/mol. The largest absolute Gasteiger partial charge is 0.508 e. The molecule has 0 aliphatic carbocycles. The Morgan fingerprint density at radius 1 is 0.825 bits per heavy atom. The zero-order chi connectivity index (χ0) is 40.4. The molecule has 7 atom stereocenters. The summed E-state index contributed by atoms with van der Waals surface area (Å²) >= 11 is 0. The summed E-state index contributed by atoms with van der Waals surface area (Å²) in [6.07, 6.45) is -7.46. The molecular weight excluding hydrogens is 752 g/mol. The molecule has 5 aromatic rings. The van der Waals surface area contributed by atoms with E-state index in [9.17, 15) is 45.3 Å². The van der Waals surface area contributed by atoms with Crippen LogP contribution in [0.3, 0.4) is 0 Å². The van der Waals surface area contributed by atoms with Gasteiger partial charge in [-0.3, -0.25) is 9.68 Å². The van der Waals surface area contributed by atoms with Gasteiger partial charge in [0.15, 0.2) is 46.7 Å². The second kappa shape index (κ2) is 16.4. The van der Waals surface area contributed by atoms with Crippen molar-refractivity contribution in [3.05, 3.63) is 106 Å². The number of hydrogen-bond donors (Lipinski definition) is 7. The number of fused-ring (bicyclic) bond motifs is 2. The highest BCUT2D eigenvalue weighted by Gasteiger charge is 2.48. The molecule has 1 fully saturated rings. The van der Waals surface area contributed by atoms with Gasteiger partial charge >= 0.3 is 5.97 Å². The minimum absolute atomic E-state index is 0.0378. The third kappa shape index (κ3) is 8.15. The smallest absolute Gasteiger partial charge is 0.365 e. The molecule has 0 amide bonds. The molecule has 298 valence electrons. The van der Waals surface area contributed by atoms with Gasteiger partial charge in [0, 0.05) is 35.4 Å². The lowest BCUT2D eigenvalue weighted by molar-refractivity contribution is -0.368. The summed E-state index contributed by atoms with van der Waals surface area (Å²) in [4.78, 5) is 35.3. The van der Waals surface area contributed by atoms with E-state index in [2.05, 4.69) is 0 Å². The summed E-state index contributed by atoms with van der Waals surface area (Å²) < 4.78 is 34.8. The molecule has 0 unspecified atom stereocenters. The van der Waals surface area contributed by atoms with E-state index in [1.54, 1.807) is 42.5 Å². The Bertz CT molecular complexity index is 2340. The van der Waals surface area contributed by atoms with Crippen LogP contribution >= 0.6 is 0 Å². The van der Waals surface area contributed by atoms with Gasteiger partial charge in [0.2, 0.25) is 6.29 Å². The summed E-state index contributed by atoms with van der Waals surface area (Å²) in [5, 5.41) is 71.9. The summed E-state index contributed by atoms with van der Waals surface area (Å²) in [5.74, 6) is -0.897. The minimum atomic E-state index is -1.84. The van der Waals surface area contributed by atoms with Gasteiger partial charge in [0.1, 0.15) is 52.3 Å². The highest BCUT2D eigenvalue weighted by Crippen LogP contribution is 2.43. The van der Waals surface area contributed by atoms with Gasteiger partial charge in [0.25, 0.3) is 0 Å². The lowest BCUT2D eigenvalue weighted by atomic mass is 9.99. The number of methoxy groups -OCH3 is 1. The van der Waals surface area contributed by atoms with Crippen LogP contribution in [0.5, 0.6) is 40.2 Å². The van der Waals surface area contributed by atoms with Crippen molar-refractivity contribution in [1.82, 2.24) is 0 Å². The fourth-order valence-electron chi connectivity index (χ4n) is 6.31. The molecule has 0 radical (unpaired) electrons. The van der Waals surface area contributed by atoms with Gasteiger partial charge in [-0.15, -0.1) is 0 Å². The second-order valence-corrected chi connectivity index (χ2v) is 13.0. The van der Waals surface area contributed by atoms with Crippen LogP contribution in [-0.2, 0) is 19.3 Å². The Hall–Kier alpha value is -6.34. The number of ether oxygens (including phenoxy) is 5. The zero-order valence-electron chi connectivity index (χ0n) is 29.8. The normalized spacial score (nSPS) is 23.0. The van der Waals surface area contributed by atoms with Crippen LogP contribution in [-0.4, -0.2) is 98.8 Å². The van der Waals surface area contributed by atoms with Crippen LogP contribution in [0.2, 0.25) is 0 Å². The molecule has 3 heterocycles. The predicted octanol–water partition coefficient (Wildman–Crippen LogP) is 2.83. The van der Waals surface area contributed by atoms with Gasteiger partial charge in [0.05, 0.1) is 20.3 Å². The van der Waals surface area contributed by atoms with E-state index in [4.69, 9.17) is 37.9 Å². The fraction of sp³-hybridized carbons (Fsp3) is 0.250. The molecule has 0 bridgehead atoms. The maximum Gasteiger partial charge on any atom is 0.365 e. The Labute approximate surface area is 322 Å². The standard InChI is InChI=1S/C40H36O17/c1-50-29-13-21(5-9-24(29)44)38-32(17-41)53-30-12-20(6-10-27(30)54-38)28-16-26(46)35-25(45)14-23(15-31(35)52-28)51-40-37(49)36(48)39(33(18-42)55-40)57-56-34(47)11-4-19-2-7-22(43)8-3-19/h2-16,32-33,36-45,48-49H,17-18H2,1H3/b11-4+/t32-,33-,36-,37-,38-,39-,40-/m1/s1. The molecule has 4 aromatic carbocycles. The molecule has 17 nitrogen and oxygen atoms in total. The van der Waals surface area contributed by atoms with Crippen LogP contribution in [0.1, 0.15) is 17.2 Å². The number of aromatic hydroxyl groups is 3. The first kappa shape index (κ1) is 38.9. The lowest BCUT2D eigenvalue weighted by Gasteiger charge is -2.40. The van der Waals surface area contributed by atoms with Crippen LogP contribution in [0, 0.1) is 0 Å². The summed E-state index contributed by atoms with van der Waals surface area (Å²) in [6, 6.07) is 18.8. The van der Waals surface area contributed by atoms with Gasteiger partial charge in [-0.25, -0.2) is 4.79 Å². The maximum atomic E-state index is 13.2. The van der Waals surface area contributed by atoms with Crippen molar-refractivity contribution in [1.29, 1.82) is 0 Å². The number of benzene rings is 4. The highest BCUT2D eigenvalue weighted by molar-refractivity contribution is 5.87. The molecule has 57 heavy (non-hydrogen) atoms. The highest BCUT2D eigenvalue weighted by atomic mass is 17.2. The molecule has 2 aliphatic heterocycles. The van der Waals surface area contributed by atoms with Crippen LogP contribution in [0.15, 0.2) is 94.2 Å². The number of hydrogen-bond acceptors (Lipinski definition) is 17. The first-order chi connectivity index (χ1) is 27.5. The van der Waals surface area contributed by atoms with E-state index in [1.165, 1.54) is 37.5 Å². The van der Waals surface area contributed by atoms with Crippen molar-refractivity contribution < 1.29 is 78.4 Å². The number of carbonyl (C=O) groups excluding carboxylic acids is 1. The van der Waals surface area contributed by atoms with E-state index in [0.29, 0.717) is 22.4 Å². The first-order valence-corrected chi connectivity index (χ1v) is 17.4. The number of carbonyl (C=O) groups is 1. The van der Waals surface area contributed by atoms with Crippen LogP contribution < -0.4 is 24.4 Å². The van der Waals surface area contributed by atoms with E-state index >= 15 is 0 Å². The van der Waals surface area contributed by atoms with Crippen molar-refractivity contribution in [2.45, 2.75) is 42.9 Å². The lowest BCUT2D eigenvalue weighted by Crippen LogP contribution is -2.61. The maximum absolute atomic E-state index is 13.2. The summed E-state index contributed by atoms with van der Waals surface area (Å²) in [7, 11) is 1.41. The van der Waals surface area contributed by atoms with Gasteiger partial charge in [-0.2, -0.15) is 4.89 Å². The van der Waals surface area contributed by atoms with Crippen LogP contribution in [0.4, 0.5) is 0 Å². The average Bonchev–Trinajstić information content (AvgIpc) is 3.21. The first-order valence-electron chi connectivity index (χ1n) is 17.4. The molecule has 7 rings (SSSR count). The molecule has 7 N–H and O–H groups in total. The number of phenols is 3. The number of aliphatic hydroxyl groups is 4. The minimum Gasteiger partial charge on any atom is -0.508 e. The van der Waals surface area contributed by atoms with Crippen molar-refractivity contribution in [3.63, 3.8) is 0 Å². The average molecular weight is 789 g/mol. The Morgan fingerprint density at radius 2 is 1.60 bits per heavy atom. The molecule has 1 saturated heterocycles. The molecule has 0 saturated carbocycles. The SMILES string of the molecule is COc1cc([C@H]2Oc3ccc(-c4cc(=O)c5c(O)cc(O[C@@H]6O[C@H](CO)[C@@H](OOC(=O)/C=C/c7ccc(O)cc7)[C@H](O)[C@H]6O)cc5o4)cc3O[C@@H]2CO)ccc1O. The number of aliphatic hydroxyl groups excluding tert-OH is 4. The number of rotatable bonds is 11. The third-order valence-corrected chi connectivity index (χ3v) is 9.21. The Balaban J connectivity index is 1.07. The number of phenolic OH excluding ortho intramolecular Hbond substituents is 3. The van der Waals surface area contributed by atoms with Crippen molar-refractivity contribution in [2.24, 2.45) is 0 Å². The van der Waals surface area contributed by atoms with Gasteiger partial charge < -0.3 is 63.8 Å². The molecule has 1 aromatic heterocycles. The quantitative estimate of drug-likeness (QED) is 0.0577. The Morgan fingerprint density at radius 3 is 2.33 bits per heavy atom. The van der Waals surface area contributed by atoms with E-state index in [0.717, 1.165) is 18.2 Å². The molecule has 17 heteroatoms. The van der Waals surface area contributed by atoms with E-state index in [-0.39, 0.29) is 45.5 Å². The van der Waals surface area contributed by atoms with Crippen LogP contribution in [0.25, 0.3) is 28.4 Å². The van der Waals surface area contributed by atoms with E-state index in [1.807, 2.05) is 0 Å². The molecule has 2 aliphatic rings. The van der Waals surface area contributed by atoms with E-state index < -0.39 is 73.3 Å². The Kier molecular flexibility index (Phi) is 11.2. The van der Waals surface area contributed by atoms with Crippen molar-refractivity contribution in [3.8, 4) is 51.6 Å². The zero-order valence-corrected chi connectivity index (χ0v) is 29.8. The third-order valence-electron chi connectivity index (χ3n) is 9.21. The molecule has 0 spiro atoms. The van der Waals surface area contributed by atoms with Gasteiger partial charge in [-0.1, -0.05) is 18.2 Å².